The van der Waals surface area contributed by atoms with Crippen molar-refractivity contribution >= 4 is 16.8 Å². The maximum atomic E-state index is 13.0. The number of amides is 1. The third-order valence-electron chi connectivity index (χ3n) is 6.08. The molecule has 2 aromatic heterocycles. The highest BCUT2D eigenvalue weighted by molar-refractivity contribution is 5.92. The first-order chi connectivity index (χ1) is 17.2. The van der Waals surface area contributed by atoms with Crippen LogP contribution in [0.5, 0.6) is 11.5 Å². The van der Waals surface area contributed by atoms with E-state index >= 15 is 0 Å². The summed E-state index contributed by atoms with van der Waals surface area (Å²) < 4.78 is 16.6. The van der Waals surface area contributed by atoms with Gasteiger partial charge in [-0.2, -0.15) is 0 Å². The lowest BCUT2D eigenvalue weighted by Crippen LogP contribution is -2.28. The van der Waals surface area contributed by atoms with E-state index in [4.69, 9.17) is 14.0 Å². The van der Waals surface area contributed by atoms with E-state index in [9.17, 15) is 4.79 Å². The summed E-state index contributed by atoms with van der Waals surface area (Å²) in [5.41, 5.74) is 4.45. The average molecular weight is 468 g/mol. The fourth-order valence-corrected chi connectivity index (χ4v) is 4.37. The van der Waals surface area contributed by atoms with Crippen molar-refractivity contribution in [3.05, 3.63) is 102 Å². The number of rotatable bonds is 8. The standard InChI is InChI=1S/C28H25N3O4/c1-33-25-14-8-12-20(27(25)34-2)22(21-16-29-23-13-7-6-11-19(21)23)17-30-28(32)26-15-24(31-35-26)18-9-4-3-5-10-18/h3-16,22,29H,17H2,1-2H3,(H,30,32). The predicted molar refractivity (Wildman–Crippen MR) is 134 cm³/mol. The normalized spacial score (nSPS) is 11.8. The van der Waals surface area contributed by atoms with Gasteiger partial charge in [-0.25, -0.2) is 0 Å². The number of nitrogens with zero attached hydrogens (tertiary/aromatic N) is 1. The minimum atomic E-state index is -0.341. The molecule has 2 N–H and O–H groups in total. The van der Waals surface area contributed by atoms with E-state index in [-0.39, 0.29) is 17.6 Å². The second-order valence-electron chi connectivity index (χ2n) is 8.08. The molecule has 0 aliphatic rings. The molecule has 176 valence electrons. The molecule has 0 aliphatic heterocycles. The van der Waals surface area contributed by atoms with Gasteiger partial charge in [-0.05, 0) is 17.7 Å². The number of hydrogen-bond donors (Lipinski definition) is 2. The van der Waals surface area contributed by atoms with Crippen LogP contribution < -0.4 is 14.8 Å². The van der Waals surface area contributed by atoms with Crippen molar-refractivity contribution in [3.63, 3.8) is 0 Å². The topological polar surface area (TPSA) is 89.4 Å². The van der Waals surface area contributed by atoms with Crippen molar-refractivity contribution in [2.24, 2.45) is 0 Å². The average Bonchev–Trinajstić information content (AvgIpc) is 3.57. The van der Waals surface area contributed by atoms with Crippen molar-refractivity contribution in [3.8, 4) is 22.8 Å². The molecule has 0 bridgehead atoms. The van der Waals surface area contributed by atoms with Gasteiger partial charge in [0.1, 0.15) is 5.69 Å². The van der Waals surface area contributed by atoms with E-state index in [2.05, 4.69) is 21.5 Å². The molecule has 35 heavy (non-hydrogen) atoms. The van der Waals surface area contributed by atoms with E-state index in [1.165, 1.54) is 0 Å². The molecule has 1 atom stereocenters. The fourth-order valence-electron chi connectivity index (χ4n) is 4.37. The number of nitrogens with one attached hydrogen (secondary N) is 2. The molecule has 5 rings (SSSR count). The van der Waals surface area contributed by atoms with Gasteiger partial charge in [-0.3, -0.25) is 4.79 Å². The van der Waals surface area contributed by atoms with Crippen LogP contribution in [0.4, 0.5) is 0 Å². The zero-order valence-electron chi connectivity index (χ0n) is 19.4. The summed E-state index contributed by atoms with van der Waals surface area (Å²) in [6.07, 6.45) is 1.97. The van der Waals surface area contributed by atoms with Crippen LogP contribution in [0.3, 0.4) is 0 Å². The van der Waals surface area contributed by atoms with Crippen LogP contribution in [-0.4, -0.2) is 36.8 Å². The van der Waals surface area contributed by atoms with Crippen LogP contribution in [-0.2, 0) is 0 Å². The summed E-state index contributed by atoms with van der Waals surface area (Å²) in [6.45, 7) is 0.311. The molecule has 1 unspecified atom stereocenters. The third kappa shape index (κ3) is 4.36. The number of fused-ring (bicyclic) bond motifs is 1. The first-order valence-corrected chi connectivity index (χ1v) is 11.3. The summed E-state index contributed by atoms with van der Waals surface area (Å²) in [5, 5.41) is 8.15. The Bertz CT molecular complexity index is 1460. The monoisotopic (exact) mass is 467 g/mol. The number of aromatic amines is 1. The largest absolute Gasteiger partial charge is 0.493 e. The molecule has 7 nitrogen and oxygen atoms in total. The second-order valence-corrected chi connectivity index (χ2v) is 8.08. The Morgan fingerprint density at radius 1 is 0.971 bits per heavy atom. The molecule has 0 saturated carbocycles. The molecule has 0 aliphatic carbocycles. The van der Waals surface area contributed by atoms with Crippen LogP contribution in [0.15, 0.2) is 89.6 Å². The lowest BCUT2D eigenvalue weighted by Gasteiger charge is -2.21. The zero-order valence-corrected chi connectivity index (χ0v) is 19.4. The van der Waals surface area contributed by atoms with E-state index < -0.39 is 0 Å². The van der Waals surface area contributed by atoms with Gasteiger partial charge in [0.15, 0.2) is 11.5 Å². The van der Waals surface area contributed by atoms with Gasteiger partial charge in [0.05, 0.1) is 14.2 Å². The van der Waals surface area contributed by atoms with Crippen LogP contribution in [0.25, 0.3) is 22.2 Å². The minimum absolute atomic E-state index is 0.152. The SMILES string of the molecule is COc1cccc(C(CNC(=O)c2cc(-c3ccccc3)no2)c2c[nH]c3ccccc23)c1OC. The summed E-state index contributed by atoms with van der Waals surface area (Å²) in [7, 11) is 3.23. The van der Waals surface area contributed by atoms with Gasteiger partial charge in [0.2, 0.25) is 5.76 Å². The number of para-hydroxylation sites is 2. The van der Waals surface area contributed by atoms with Crippen LogP contribution in [0, 0.1) is 0 Å². The zero-order chi connectivity index (χ0) is 24.2. The summed E-state index contributed by atoms with van der Waals surface area (Å²) in [6, 6.07) is 25.1. The Morgan fingerprint density at radius 2 is 1.77 bits per heavy atom. The highest BCUT2D eigenvalue weighted by Gasteiger charge is 2.25. The van der Waals surface area contributed by atoms with Gasteiger partial charge >= 0.3 is 0 Å². The number of methoxy groups -OCH3 is 2. The van der Waals surface area contributed by atoms with Gasteiger partial charge in [0.25, 0.3) is 5.91 Å². The molecule has 0 saturated heterocycles. The number of benzene rings is 3. The highest BCUT2D eigenvalue weighted by Crippen LogP contribution is 2.40. The quantitative estimate of drug-likeness (QED) is 0.319. The van der Waals surface area contributed by atoms with Crippen molar-refractivity contribution in [1.29, 1.82) is 0 Å². The van der Waals surface area contributed by atoms with E-state index in [1.807, 2.05) is 72.9 Å². The molecule has 0 spiro atoms. The van der Waals surface area contributed by atoms with Crippen molar-refractivity contribution in [2.75, 3.05) is 20.8 Å². The smallest absolute Gasteiger partial charge is 0.289 e. The number of carbonyl (C=O) groups excluding carboxylic acids is 1. The van der Waals surface area contributed by atoms with Crippen LogP contribution in [0.2, 0.25) is 0 Å². The summed E-state index contributed by atoms with van der Waals surface area (Å²) in [4.78, 5) is 16.4. The Morgan fingerprint density at radius 3 is 2.57 bits per heavy atom. The van der Waals surface area contributed by atoms with Gasteiger partial charge in [0, 0.05) is 46.8 Å². The third-order valence-corrected chi connectivity index (χ3v) is 6.08. The number of H-pyrrole nitrogens is 1. The maximum absolute atomic E-state index is 13.0. The number of hydrogen-bond acceptors (Lipinski definition) is 5. The van der Waals surface area contributed by atoms with Crippen molar-refractivity contribution in [1.82, 2.24) is 15.5 Å². The van der Waals surface area contributed by atoms with Crippen LogP contribution >= 0.6 is 0 Å². The molecule has 0 fully saturated rings. The molecule has 7 heteroatoms. The second kappa shape index (κ2) is 9.77. The Labute approximate surface area is 202 Å². The molecular formula is C28H25N3O4. The lowest BCUT2D eigenvalue weighted by atomic mass is 9.89. The molecule has 0 radical (unpaired) electrons. The van der Waals surface area contributed by atoms with E-state index in [0.29, 0.717) is 23.7 Å². The Kier molecular flexibility index (Phi) is 6.22. The van der Waals surface area contributed by atoms with E-state index in [0.717, 1.165) is 27.6 Å². The molecule has 5 aromatic rings. The Balaban J connectivity index is 1.47. The fraction of sp³-hybridized carbons (Fsp3) is 0.143. The summed E-state index contributed by atoms with van der Waals surface area (Å²) >= 11 is 0. The Hall–Kier alpha value is -4.52. The number of aromatic nitrogens is 2. The maximum Gasteiger partial charge on any atom is 0.289 e. The highest BCUT2D eigenvalue weighted by atomic mass is 16.5. The van der Waals surface area contributed by atoms with Gasteiger partial charge in [-0.1, -0.05) is 65.8 Å². The first kappa shape index (κ1) is 22.3. The van der Waals surface area contributed by atoms with Crippen LogP contribution in [0.1, 0.15) is 27.6 Å². The number of carbonyl (C=O) groups is 1. The van der Waals surface area contributed by atoms with Gasteiger partial charge < -0.3 is 24.3 Å². The minimum Gasteiger partial charge on any atom is -0.493 e. The summed E-state index contributed by atoms with van der Waals surface area (Å²) in [5.74, 6) is 0.858. The molecule has 2 heterocycles. The molecular weight excluding hydrogens is 442 g/mol. The van der Waals surface area contributed by atoms with Crippen molar-refractivity contribution in [2.45, 2.75) is 5.92 Å². The predicted octanol–water partition coefficient (Wildman–Crippen LogP) is 5.40. The lowest BCUT2D eigenvalue weighted by molar-refractivity contribution is 0.0915. The number of ether oxygens (including phenoxy) is 2. The van der Waals surface area contributed by atoms with Gasteiger partial charge in [-0.15, -0.1) is 0 Å². The van der Waals surface area contributed by atoms with E-state index in [1.54, 1.807) is 20.3 Å². The molecule has 3 aromatic carbocycles. The molecule has 1 amide bonds. The van der Waals surface area contributed by atoms with Crippen molar-refractivity contribution < 1.29 is 18.8 Å². The first-order valence-electron chi connectivity index (χ1n) is 11.3.